The minimum Gasteiger partial charge on any atom is -0.239 e. The van der Waals surface area contributed by atoms with E-state index in [4.69, 9.17) is 0 Å². The Balaban J connectivity index is 2.06. The molecule has 3 nitrogen and oxygen atoms in total. The van der Waals surface area contributed by atoms with Crippen LogP contribution in [0.25, 0.3) is 11.4 Å². The number of hydrogen-bond acceptors (Lipinski definition) is 4. The molecule has 0 atom stereocenters. The van der Waals surface area contributed by atoms with Gasteiger partial charge in [0.25, 0.3) is 6.08 Å². The van der Waals surface area contributed by atoms with E-state index in [0.29, 0.717) is 16.6 Å². The SMILES string of the molecule is FC(F)=CCCSc1nccc(-c2cccc(Br)n2)n1. The lowest BCUT2D eigenvalue weighted by molar-refractivity contribution is 0.418. The number of rotatable bonds is 5. The summed E-state index contributed by atoms with van der Waals surface area (Å²) in [5, 5.41) is 0.553. The molecule has 104 valence electrons. The minimum absolute atomic E-state index is 0.287. The van der Waals surface area contributed by atoms with Crippen LogP contribution < -0.4 is 0 Å². The molecule has 0 radical (unpaired) electrons. The van der Waals surface area contributed by atoms with Crippen LogP contribution in [-0.2, 0) is 0 Å². The molecule has 2 rings (SSSR count). The summed E-state index contributed by atoms with van der Waals surface area (Å²) in [7, 11) is 0. The van der Waals surface area contributed by atoms with Gasteiger partial charge in [-0.1, -0.05) is 17.8 Å². The van der Waals surface area contributed by atoms with Gasteiger partial charge in [0, 0.05) is 11.9 Å². The van der Waals surface area contributed by atoms with E-state index in [9.17, 15) is 8.78 Å². The van der Waals surface area contributed by atoms with E-state index < -0.39 is 6.08 Å². The fraction of sp³-hybridized carbons (Fsp3) is 0.154. The second-order valence-electron chi connectivity index (χ2n) is 3.70. The van der Waals surface area contributed by atoms with Gasteiger partial charge in [0.2, 0.25) is 0 Å². The van der Waals surface area contributed by atoms with Crippen molar-refractivity contribution in [1.29, 1.82) is 0 Å². The lowest BCUT2D eigenvalue weighted by Crippen LogP contribution is -1.92. The van der Waals surface area contributed by atoms with E-state index in [2.05, 4.69) is 30.9 Å². The molecule has 0 aliphatic carbocycles. The molecule has 0 unspecified atom stereocenters. The third-order valence-electron chi connectivity index (χ3n) is 2.26. The maximum absolute atomic E-state index is 11.9. The quantitative estimate of drug-likeness (QED) is 0.340. The van der Waals surface area contributed by atoms with Crippen LogP contribution in [0.2, 0.25) is 0 Å². The van der Waals surface area contributed by atoms with Crippen molar-refractivity contribution in [2.24, 2.45) is 0 Å². The Labute approximate surface area is 127 Å². The van der Waals surface area contributed by atoms with Crippen LogP contribution in [0.15, 0.2) is 52.4 Å². The predicted octanol–water partition coefficient (Wildman–Crippen LogP) is 4.56. The van der Waals surface area contributed by atoms with Gasteiger partial charge in [0.15, 0.2) is 5.16 Å². The Bertz CT molecular complexity index is 618. The number of nitrogens with zero attached hydrogens (tertiary/aromatic N) is 3. The van der Waals surface area contributed by atoms with Crippen molar-refractivity contribution in [1.82, 2.24) is 15.0 Å². The molecule has 0 saturated carbocycles. The lowest BCUT2D eigenvalue weighted by atomic mass is 10.3. The normalized spacial score (nSPS) is 10.3. The standard InChI is InChI=1S/C13H10BrF2N3S/c14-11-4-1-3-9(18-11)10-6-7-17-13(19-10)20-8-2-5-12(15)16/h1,3-7H,2,8H2. The molecule has 0 N–H and O–H groups in total. The van der Waals surface area contributed by atoms with Gasteiger partial charge < -0.3 is 0 Å². The number of aromatic nitrogens is 3. The fourth-order valence-corrected chi connectivity index (χ4v) is 2.48. The number of pyridine rings is 1. The summed E-state index contributed by atoms with van der Waals surface area (Å²) in [6.45, 7) is 0. The molecule has 2 aromatic rings. The Morgan fingerprint density at radius 2 is 2.00 bits per heavy atom. The lowest BCUT2D eigenvalue weighted by Gasteiger charge is -2.03. The van der Waals surface area contributed by atoms with Crippen LogP contribution >= 0.6 is 27.7 Å². The highest BCUT2D eigenvalue weighted by molar-refractivity contribution is 9.10. The monoisotopic (exact) mass is 357 g/mol. The number of thioether (sulfide) groups is 1. The molecule has 0 aromatic carbocycles. The average molecular weight is 358 g/mol. The van der Waals surface area contributed by atoms with Crippen molar-refractivity contribution in [2.45, 2.75) is 11.6 Å². The Kier molecular flexibility index (Phi) is 5.60. The summed E-state index contributed by atoms with van der Waals surface area (Å²) in [5.74, 6) is 0.507. The summed E-state index contributed by atoms with van der Waals surface area (Å²) in [6.07, 6.45) is 1.17. The first-order valence-electron chi connectivity index (χ1n) is 5.75. The summed E-state index contributed by atoms with van der Waals surface area (Å²) in [5.41, 5.74) is 1.44. The van der Waals surface area contributed by atoms with Gasteiger partial charge in [-0.25, -0.2) is 15.0 Å². The van der Waals surface area contributed by atoms with Gasteiger partial charge in [0.1, 0.15) is 4.60 Å². The van der Waals surface area contributed by atoms with Crippen LogP contribution in [0.3, 0.4) is 0 Å². The molecule has 0 amide bonds. The number of halogens is 3. The molecular weight excluding hydrogens is 348 g/mol. The molecule has 0 spiro atoms. The summed E-state index contributed by atoms with van der Waals surface area (Å²) in [4.78, 5) is 12.8. The first-order valence-corrected chi connectivity index (χ1v) is 7.53. The van der Waals surface area contributed by atoms with Gasteiger partial charge in [-0.15, -0.1) is 0 Å². The maximum atomic E-state index is 11.9. The summed E-state index contributed by atoms with van der Waals surface area (Å²) >= 11 is 4.64. The number of hydrogen-bond donors (Lipinski definition) is 0. The molecule has 0 aliphatic rings. The van der Waals surface area contributed by atoms with E-state index in [1.165, 1.54) is 11.8 Å². The predicted molar refractivity (Wildman–Crippen MR) is 78.6 cm³/mol. The minimum atomic E-state index is -1.65. The maximum Gasteiger partial charge on any atom is 0.266 e. The van der Waals surface area contributed by atoms with Gasteiger partial charge in [-0.3, -0.25) is 0 Å². The third-order valence-corrected chi connectivity index (χ3v) is 3.60. The Morgan fingerprint density at radius 1 is 1.20 bits per heavy atom. The molecule has 2 heterocycles. The molecule has 0 saturated heterocycles. The van der Waals surface area contributed by atoms with Gasteiger partial charge in [0.05, 0.1) is 11.4 Å². The van der Waals surface area contributed by atoms with Crippen molar-refractivity contribution in [2.75, 3.05) is 5.75 Å². The highest BCUT2D eigenvalue weighted by atomic mass is 79.9. The highest BCUT2D eigenvalue weighted by Crippen LogP contribution is 2.20. The van der Waals surface area contributed by atoms with Crippen LogP contribution in [0.1, 0.15) is 6.42 Å². The molecule has 2 aromatic heterocycles. The zero-order valence-corrected chi connectivity index (χ0v) is 12.7. The molecule has 20 heavy (non-hydrogen) atoms. The van der Waals surface area contributed by atoms with E-state index in [1.807, 2.05) is 18.2 Å². The van der Waals surface area contributed by atoms with E-state index >= 15 is 0 Å². The number of allylic oxidation sites excluding steroid dienone is 1. The highest BCUT2D eigenvalue weighted by Gasteiger charge is 2.04. The molecule has 7 heteroatoms. The smallest absolute Gasteiger partial charge is 0.239 e. The Morgan fingerprint density at radius 3 is 2.75 bits per heavy atom. The summed E-state index contributed by atoms with van der Waals surface area (Å²) < 4.78 is 24.5. The van der Waals surface area contributed by atoms with Crippen molar-refractivity contribution in [3.63, 3.8) is 0 Å². The first kappa shape index (κ1) is 15.1. The van der Waals surface area contributed by atoms with E-state index in [0.717, 1.165) is 16.4 Å². The van der Waals surface area contributed by atoms with E-state index in [-0.39, 0.29) is 6.42 Å². The zero-order valence-electron chi connectivity index (χ0n) is 10.3. The van der Waals surface area contributed by atoms with Gasteiger partial charge in [-0.2, -0.15) is 8.78 Å². The van der Waals surface area contributed by atoms with Crippen LogP contribution in [-0.4, -0.2) is 20.7 Å². The van der Waals surface area contributed by atoms with Crippen molar-refractivity contribution in [3.8, 4) is 11.4 Å². The Hall–Kier alpha value is -1.34. The van der Waals surface area contributed by atoms with E-state index in [1.54, 1.807) is 12.3 Å². The van der Waals surface area contributed by atoms with Crippen LogP contribution in [0.5, 0.6) is 0 Å². The van der Waals surface area contributed by atoms with Crippen molar-refractivity contribution >= 4 is 27.7 Å². The first-order chi connectivity index (χ1) is 9.65. The molecular formula is C13H10BrF2N3S. The summed E-state index contributed by atoms with van der Waals surface area (Å²) in [6, 6.07) is 7.32. The molecule has 0 aliphatic heterocycles. The molecule has 0 fully saturated rings. The van der Waals surface area contributed by atoms with Crippen molar-refractivity contribution < 1.29 is 8.78 Å². The fourth-order valence-electron chi connectivity index (χ4n) is 1.42. The average Bonchev–Trinajstić information content (AvgIpc) is 2.44. The van der Waals surface area contributed by atoms with Gasteiger partial charge >= 0.3 is 0 Å². The third kappa shape index (κ3) is 4.64. The molecule has 0 bridgehead atoms. The van der Waals surface area contributed by atoms with Crippen LogP contribution in [0.4, 0.5) is 8.78 Å². The largest absolute Gasteiger partial charge is 0.266 e. The second kappa shape index (κ2) is 7.44. The zero-order chi connectivity index (χ0) is 14.4. The second-order valence-corrected chi connectivity index (χ2v) is 5.58. The van der Waals surface area contributed by atoms with Crippen LogP contribution in [0, 0.1) is 0 Å². The van der Waals surface area contributed by atoms with Gasteiger partial charge in [-0.05, 0) is 46.6 Å². The topological polar surface area (TPSA) is 38.7 Å². The van der Waals surface area contributed by atoms with Crippen molar-refractivity contribution in [3.05, 3.63) is 47.2 Å².